The number of carbonyl (C=O) groups is 1. The fourth-order valence-corrected chi connectivity index (χ4v) is 2.38. The molecule has 2 rings (SSSR count). The molecule has 1 aliphatic heterocycles. The Kier molecular flexibility index (Phi) is 5.10. The molecule has 0 spiro atoms. The van der Waals surface area contributed by atoms with Gasteiger partial charge in [0.2, 0.25) is 5.91 Å². The second kappa shape index (κ2) is 7.04. The van der Waals surface area contributed by atoms with Gasteiger partial charge < -0.3 is 15.5 Å². The second-order valence-electron chi connectivity index (χ2n) is 5.06. The van der Waals surface area contributed by atoms with Gasteiger partial charge in [0.15, 0.2) is 0 Å². The Labute approximate surface area is 119 Å². The molecule has 106 valence electrons. The molecule has 0 bridgehead atoms. The van der Waals surface area contributed by atoms with E-state index in [9.17, 15) is 4.79 Å². The number of amides is 1. The first-order chi connectivity index (χ1) is 9.71. The molecule has 1 saturated heterocycles. The van der Waals surface area contributed by atoms with Gasteiger partial charge in [0, 0.05) is 31.2 Å². The fraction of sp³-hybridized carbons (Fsp3) is 0.467. The quantitative estimate of drug-likeness (QED) is 0.844. The van der Waals surface area contributed by atoms with Crippen LogP contribution in [0.15, 0.2) is 24.3 Å². The van der Waals surface area contributed by atoms with E-state index in [2.05, 4.69) is 21.6 Å². The zero-order valence-corrected chi connectivity index (χ0v) is 11.7. The zero-order chi connectivity index (χ0) is 14.4. The van der Waals surface area contributed by atoms with Crippen LogP contribution in [0.1, 0.15) is 18.4 Å². The molecule has 1 fully saturated rings. The lowest BCUT2D eigenvalue weighted by atomic mass is 10.2. The van der Waals surface area contributed by atoms with Crippen molar-refractivity contribution in [1.82, 2.24) is 10.2 Å². The summed E-state index contributed by atoms with van der Waals surface area (Å²) in [5.41, 5.74) is 1.33. The van der Waals surface area contributed by atoms with Crippen LogP contribution >= 0.6 is 0 Å². The third-order valence-electron chi connectivity index (χ3n) is 3.63. The number of carbonyl (C=O) groups excluding carboxylic acids is 1. The Morgan fingerprint density at radius 1 is 1.45 bits per heavy atom. The molecule has 1 aromatic rings. The first kappa shape index (κ1) is 14.5. The first-order valence-electron chi connectivity index (χ1n) is 6.91. The van der Waals surface area contributed by atoms with E-state index < -0.39 is 0 Å². The van der Waals surface area contributed by atoms with Gasteiger partial charge in [-0.05, 0) is 44.3 Å². The smallest absolute Gasteiger partial charge is 0.225 e. The van der Waals surface area contributed by atoms with Gasteiger partial charge >= 0.3 is 0 Å². The third-order valence-corrected chi connectivity index (χ3v) is 3.63. The Morgan fingerprint density at radius 2 is 2.20 bits per heavy atom. The van der Waals surface area contributed by atoms with Crippen molar-refractivity contribution in [3.63, 3.8) is 0 Å². The summed E-state index contributed by atoms with van der Waals surface area (Å²) in [7, 11) is 1.98. The summed E-state index contributed by atoms with van der Waals surface area (Å²) in [4.78, 5) is 14.2. The van der Waals surface area contributed by atoms with Crippen molar-refractivity contribution in [2.24, 2.45) is 0 Å². The molecule has 1 atom stereocenters. The summed E-state index contributed by atoms with van der Waals surface area (Å²) in [6.45, 7) is 2.86. The molecule has 1 aliphatic rings. The maximum Gasteiger partial charge on any atom is 0.225 e. The molecule has 5 heteroatoms. The molecule has 1 aromatic carbocycles. The summed E-state index contributed by atoms with van der Waals surface area (Å²) in [5, 5.41) is 14.8. The highest BCUT2D eigenvalue weighted by molar-refractivity contribution is 5.90. The number of likely N-dealkylation sites (tertiary alicyclic amines) is 1. The number of hydrogen-bond donors (Lipinski definition) is 2. The topological polar surface area (TPSA) is 68.2 Å². The van der Waals surface area contributed by atoms with E-state index >= 15 is 0 Å². The minimum Gasteiger partial charge on any atom is -0.326 e. The van der Waals surface area contributed by atoms with Crippen LogP contribution in [0.5, 0.6) is 0 Å². The van der Waals surface area contributed by atoms with Crippen molar-refractivity contribution in [3.05, 3.63) is 29.8 Å². The number of anilines is 1. The van der Waals surface area contributed by atoms with Gasteiger partial charge in [0.25, 0.3) is 0 Å². The summed E-state index contributed by atoms with van der Waals surface area (Å²) in [6.07, 6.45) is 1.64. The minimum absolute atomic E-state index is 0.0163. The lowest BCUT2D eigenvalue weighted by Crippen LogP contribution is -2.31. The summed E-state index contributed by atoms with van der Waals surface area (Å²) < 4.78 is 0. The van der Waals surface area contributed by atoms with Crippen molar-refractivity contribution in [3.8, 4) is 6.07 Å². The highest BCUT2D eigenvalue weighted by Crippen LogP contribution is 2.11. The highest BCUT2D eigenvalue weighted by Gasteiger charge is 2.20. The average Bonchev–Trinajstić information content (AvgIpc) is 2.94. The van der Waals surface area contributed by atoms with Crippen molar-refractivity contribution >= 4 is 11.6 Å². The number of rotatable bonds is 5. The maximum absolute atomic E-state index is 11.9. The lowest BCUT2D eigenvalue weighted by molar-refractivity contribution is -0.116. The largest absolute Gasteiger partial charge is 0.326 e. The number of hydrogen-bond acceptors (Lipinski definition) is 4. The van der Waals surface area contributed by atoms with Crippen LogP contribution < -0.4 is 10.6 Å². The van der Waals surface area contributed by atoms with Gasteiger partial charge in [-0.1, -0.05) is 0 Å². The van der Waals surface area contributed by atoms with Crippen molar-refractivity contribution in [2.75, 3.05) is 32.0 Å². The van der Waals surface area contributed by atoms with Gasteiger partial charge in [0.1, 0.15) is 0 Å². The van der Waals surface area contributed by atoms with Crippen LogP contribution in [-0.4, -0.2) is 43.5 Å². The fourth-order valence-electron chi connectivity index (χ4n) is 2.38. The molecule has 0 aromatic heterocycles. The van der Waals surface area contributed by atoms with Gasteiger partial charge in [-0.2, -0.15) is 5.26 Å². The molecule has 0 radical (unpaired) electrons. The van der Waals surface area contributed by atoms with Gasteiger partial charge in [0.05, 0.1) is 11.6 Å². The van der Waals surface area contributed by atoms with Crippen molar-refractivity contribution in [1.29, 1.82) is 5.26 Å². The SMILES string of the molecule is CNC1CCN(CCC(=O)Nc2ccc(C#N)cc2)C1. The standard InChI is InChI=1S/C15H20N4O/c1-17-14-6-8-19(11-14)9-7-15(20)18-13-4-2-12(10-16)3-5-13/h2-5,14,17H,6-9,11H2,1H3,(H,18,20). The summed E-state index contributed by atoms with van der Waals surface area (Å²) in [6, 6.07) is 9.52. The van der Waals surface area contributed by atoms with E-state index in [1.54, 1.807) is 24.3 Å². The predicted octanol–water partition coefficient (Wildman–Crippen LogP) is 1.18. The molecule has 1 unspecified atom stereocenters. The van der Waals surface area contributed by atoms with E-state index in [1.807, 2.05) is 7.05 Å². The Bertz CT molecular complexity index is 492. The molecular formula is C15H20N4O. The first-order valence-corrected chi connectivity index (χ1v) is 6.91. The van der Waals surface area contributed by atoms with Crippen LogP contribution in [0.25, 0.3) is 0 Å². The molecule has 0 aliphatic carbocycles. The molecule has 1 amide bonds. The average molecular weight is 272 g/mol. The molecule has 1 heterocycles. The van der Waals surface area contributed by atoms with Gasteiger partial charge in [-0.3, -0.25) is 4.79 Å². The Hall–Kier alpha value is -1.90. The number of nitriles is 1. The lowest BCUT2D eigenvalue weighted by Gasteiger charge is -2.15. The molecule has 0 saturated carbocycles. The minimum atomic E-state index is 0.0163. The number of nitrogens with zero attached hydrogens (tertiary/aromatic N) is 2. The second-order valence-corrected chi connectivity index (χ2v) is 5.06. The van der Waals surface area contributed by atoms with Crippen LogP contribution in [0.2, 0.25) is 0 Å². The Morgan fingerprint density at radius 3 is 2.80 bits per heavy atom. The van der Waals surface area contributed by atoms with E-state index in [0.717, 1.165) is 31.7 Å². The molecule has 2 N–H and O–H groups in total. The molecular weight excluding hydrogens is 252 g/mol. The van der Waals surface area contributed by atoms with E-state index in [4.69, 9.17) is 5.26 Å². The monoisotopic (exact) mass is 272 g/mol. The highest BCUT2D eigenvalue weighted by atomic mass is 16.1. The zero-order valence-electron chi connectivity index (χ0n) is 11.7. The van der Waals surface area contributed by atoms with Crippen molar-refractivity contribution in [2.45, 2.75) is 18.9 Å². The maximum atomic E-state index is 11.9. The molecule has 20 heavy (non-hydrogen) atoms. The Balaban J connectivity index is 1.74. The van der Waals surface area contributed by atoms with E-state index in [1.165, 1.54) is 0 Å². The van der Waals surface area contributed by atoms with Crippen LogP contribution in [0, 0.1) is 11.3 Å². The van der Waals surface area contributed by atoms with Gasteiger partial charge in [-0.15, -0.1) is 0 Å². The number of nitrogens with one attached hydrogen (secondary N) is 2. The predicted molar refractivity (Wildman–Crippen MR) is 78.3 cm³/mol. The third kappa shape index (κ3) is 4.05. The van der Waals surface area contributed by atoms with Crippen molar-refractivity contribution < 1.29 is 4.79 Å². The molecule has 5 nitrogen and oxygen atoms in total. The van der Waals surface area contributed by atoms with Crippen LogP contribution in [0.4, 0.5) is 5.69 Å². The van der Waals surface area contributed by atoms with E-state index in [-0.39, 0.29) is 5.91 Å². The van der Waals surface area contributed by atoms with Gasteiger partial charge in [-0.25, -0.2) is 0 Å². The van der Waals surface area contributed by atoms with Crippen LogP contribution in [0.3, 0.4) is 0 Å². The number of likely N-dealkylation sites (N-methyl/N-ethyl adjacent to an activating group) is 1. The normalized spacial score (nSPS) is 18.7. The summed E-state index contributed by atoms with van der Waals surface area (Å²) >= 11 is 0. The number of benzene rings is 1. The van der Waals surface area contributed by atoms with Crippen LogP contribution in [-0.2, 0) is 4.79 Å². The van der Waals surface area contributed by atoms with E-state index in [0.29, 0.717) is 18.0 Å². The summed E-state index contributed by atoms with van der Waals surface area (Å²) in [5.74, 6) is 0.0163.